The second-order valence-corrected chi connectivity index (χ2v) is 4.51. The molecule has 84 valence electrons. The number of pyridine rings is 1. The Morgan fingerprint density at radius 2 is 1.94 bits per heavy atom. The molecule has 2 nitrogen and oxygen atoms in total. The van der Waals surface area contributed by atoms with E-state index in [0.29, 0.717) is 6.54 Å². The Kier molecular flexibility index (Phi) is 2.92. The lowest BCUT2D eigenvalue weighted by Gasteiger charge is -2.25. The van der Waals surface area contributed by atoms with Crippen LogP contribution < -0.4 is 5.73 Å². The summed E-state index contributed by atoms with van der Waals surface area (Å²) in [6, 6.07) is 12.4. The van der Waals surface area contributed by atoms with Gasteiger partial charge in [0.25, 0.3) is 0 Å². The normalized spacial score (nSPS) is 14.9. The van der Waals surface area contributed by atoms with Crippen molar-refractivity contribution >= 4 is 10.9 Å². The quantitative estimate of drug-likeness (QED) is 0.853. The minimum Gasteiger partial charge on any atom is -0.330 e. The van der Waals surface area contributed by atoms with Crippen LogP contribution in [-0.2, 0) is 5.41 Å². The van der Waals surface area contributed by atoms with Crippen LogP contribution >= 0.6 is 0 Å². The van der Waals surface area contributed by atoms with Gasteiger partial charge in [0.05, 0.1) is 5.52 Å². The summed E-state index contributed by atoms with van der Waals surface area (Å²) in [6.45, 7) is 4.96. The van der Waals surface area contributed by atoms with Gasteiger partial charge < -0.3 is 5.73 Å². The van der Waals surface area contributed by atoms with Crippen molar-refractivity contribution in [1.29, 1.82) is 0 Å². The summed E-state index contributed by atoms with van der Waals surface area (Å²) in [5, 5.41) is 1.18. The first-order valence-corrected chi connectivity index (χ1v) is 5.76. The largest absolute Gasteiger partial charge is 0.330 e. The van der Waals surface area contributed by atoms with E-state index in [1.165, 1.54) is 5.39 Å². The zero-order valence-electron chi connectivity index (χ0n) is 9.90. The second-order valence-electron chi connectivity index (χ2n) is 4.51. The maximum Gasteiger partial charge on any atom is 0.0705 e. The molecule has 2 aromatic rings. The van der Waals surface area contributed by atoms with Gasteiger partial charge in [-0.1, -0.05) is 38.1 Å². The Bertz CT molecular complexity index is 487. The van der Waals surface area contributed by atoms with Crippen molar-refractivity contribution in [2.75, 3.05) is 6.54 Å². The van der Waals surface area contributed by atoms with Crippen molar-refractivity contribution in [1.82, 2.24) is 4.98 Å². The van der Waals surface area contributed by atoms with Gasteiger partial charge in [-0.05, 0) is 18.6 Å². The number of benzene rings is 1. The van der Waals surface area contributed by atoms with Gasteiger partial charge in [-0.3, -0.25) is 4.98 Å². The zero-order chi connectivity index (χ0) is 11.6. The highest BCUT2D eigenvalue weighted by atomic mass is 14.7. The second kappa shape index (κ2) is 4.22. The van der Waals surface area contributed by atoms with Crippen LogP contribution in [0.1, 0.15) is 26.0 Å². The molecular formula is C14H18N2. The van der Waals surface area contributed by atoms with Gasteiger partial charge in [-0.2, -0.15) is 0 Å². The third-order valence-corrected chi connectivity index (χ3v) is 3.45. The third kappa shape index (κ3) is 1.81. The predicted molar refractivity (Wildman–Crippen MR) is 68.4 cm³/mol. The summed E-state index contributed by atoms with van der Waals surface area (Å²) in [7, 11) is 0. The fourth-order valence-electron chi connectivity index (χ4n) is 1.83. The minimum atomic E-state index is -0.00989. The molecule has 0 bridgehead atoms. The van der Waals surface area contributed by atoms with Gasteiger partial charge in [0.15, 0.2) is 0 Å². The fraction of sp³-hybridized carbons (Fsp3) is 0.357. The van der Waals surface area contributed by atoms with E-state index in [1.54, 1.807) is 0 Å². The molecular weight excluding hydrogens is 196 g/mol. The Morgan fingerprint density at radius 3 is 2.62 bits per heavy atom. The van der Waals surface area contributed by atoms with Crippen LogP contribution in [0, 0.1) is 0 Å². The van der Waals surface area contributed by atoms with Gasteiger partial charge in [0.2, 0.25) is 0 Å². The summed E-state index contributed by atoms with van der Waals surface area (Å²) in [5.41, 5.74) is 7.99. The van der Waals surface area contributed by atoms with Crippen molar-refractivity contribution in [3.63, 3.8) is 0 Å². The molecule has 0 saturated heterocycles. The predicted octanol–water partition coefficient (Wildman–Crippen LogP) is 2.86. The molecule has 2 rings (SSSR count). The molecule has 2 N–H and O–H groups in total. The first kappa shape index (κ1) is 11.1. The summed E-state index contributed by atoms with van der Waals surface area (Å²) >= 11 is 0. The molecule has 2 heteroatoms. The first-order valence-electron chi connectivity index (χ1n) is 5.76. The van der Waals surface area contributed by atoms with Gasteiger partial charge >= 0.3 is 0 Å². The number of nitrogens with zero attached hydrogens (tertiary/aromatic N) is 1. The molecule has 1 unspecified atom stereocenters. The summed E-state index contributed by atoms with van der Waals surface area (Å²) < 4.78 is 0. The van der Waals surface area contributed by atoms with E-state index in [2.05, 4.69) is 32.0 Å². The lowest BCUT2D eigenvalue weighted by atomic mass is 9.83. The highest BCUT2D eigenvalue weighted by Gasteiger charge is 2.24. The number of hydrogen-bond acceptors (Lipinski definition) is 2. The smallest absolute Gasteiger partial charge is 0.0705 e. The molecule has 0 amide bonds. The average molecular weight is 214 g/mol. The van der Waals surface area contributed by atoms with E-state index >= 15 is 0 Å². The molecule has 1 aromatic heterocycles. The zero-order valence-corrected chi connectivity index (χ0v) is 9.90. The molecule has 1 atom stereocenters. The van der Waals surface area contributed by atoms with Crippen LogP contribution in [0.4, 0.5) is 0 Å². The van der Waals surface area contributed by atoms with E-state index in [9.17, 15) is 0 Å². The highest BCUT2D eigenvalue weighted by Crippen LogP contribution is 2.26. The molecule has 0 aliphatic rings. The molecule has 0 aliphatic heterocycles. The minimum absolute atomic E-state index is 0.00989. The molecule has 0 aliphatic carbocycles. The van der Waals surface area contributed by atoms with Crippen molar-refractivity contribution < 1.29 is 0 Å². The van der Waals surface area contributed by atoms with Gasteiger partial charge in [0.1, 0.15) is 0 Å². The Morgan fingerprint density at radius 1 is 1.19 bits per heavy atom. The summed E-state index contributed by atoms with van der Waals surface area (Å²) in [6.07, 6.45) is 1.01. The number of rotatable bonds is 3. The van der Waals surface area contributed by atoms with Crippen LogP contribution in [0.2, 0.25) is 0 Å². The van der Waals surface area contributed by atoms with Crippen LogP contribution in [-0.4, -0.2) is 11.5 Å². The molecule has 0 radical (unpaired) electrons. The van der Waals surface area contributed by atoms with E-state index in [1.807, 2.05) is 18.2 Å². The standard InChI is InChI=1S/C14H18N2/c1-3-14(2,10-15)13-9-8-11-6-4-5-7-12(11)16-13/h4-9H,3,10,15H2,1-2H3. The Labute approximate surface area is 96.5 Å². The number of hydrogen-bond donors (Lipinski definition) is 1. The van der Waals surface area contributed by atoms with E-state index in [0.717, 1.165) is 17.6 Å². The number of aromatic nitrogens is 1. The molecule has 0 saturated carbocycles. The first-order chi connectivity index (χ1) is 7.69. The van der Waals surface area contributed by atoms with Gasteiger partial charge in [-0.15, -0.1) is 0 Å². The number of para-hydroxylation sites is 1. The van der Waals surface area contributed by atoms with E-state index in [4.69, 9.17) is 10.7 Å². The lowest BCUT2D eigenvalue weighted by Crippen LogP contribution is -2.31. The molecule has 16 heavy (non-hydrogen) atoms. The number of nitrogens with two attached hydrogens (primary N) is 1. The monoisotopic (exact) mass is 214 g/mol. The van der Waals surface area contributed by atoms with Crippen molar-refractivity contribution in [3.8, 4) is 0 Å². The van der Waals surface area contributed by atoms with Gasteiger partial charge in [-0.25, -0.2) is 0 Å². The topological polar surface area (TPSA) is 38.9 Å². The molecule has 1 aromatic carbocycles. The highest BCUT2D eigenvalue weighted by molar-refractivity contribution is 5.78. The van der Waals surface area contributed by atoms with Gasteiger partial charge in [0, 0.05) is 23.0 Å². The Balaban J connectivity index is 2.54. The average Bonchev–Trinajstić information content (AvgIpc) is 2.37. The SMILES string of the molecule is CCC(C)(CN)c1ccc2ccccc2n1. The van der Waals surface area contributed by atoms with Crippen molar-refractivity contribution in [2.45, 2.75) is 25.7 Å². The maximum absolute atomic E-state index is 5.85. The number of fused-ring (bicyclic) bond motifs is 1. The maximum atomic E-state index is 5.85. The Hall–Kier alpha value is -1.41. The molecule has 0 spiro atoms. The third-order valence-electron chi connectivity index (χ3n) is 3.45. The van der Waals surface area contributed by atoms with Crippen molar-refractivity contribution in [3.05, 3.63) is 42.1 Å². The summed E-state index contributed by atoms with van der Waals surface area (Å²) in [4.78, 5) is 4.71. The molecule has 0 fully saturated rings. The lowest BCUT2D eigenvalue weighted by molar-refractivity contribution is 0.455. The molecule has 1 heterocycles. The van der Waals surface area contributed by atoms with E-state index in [-0.39, 0.29) is 5.41 Å². The van der Waals surface area contributed by atoms with Crippen LogP contribution in [0.15, 0.2) is 36.4 Å². The van der Waals surface area contributed by atoms with E-state index < -0.39 is 0 Å². The van der Waals surface area contributed by atoms with Crippen LogP contribution in [0.3, 0.4) is 0 Å². The fourth-order valence-corrected chi connectivity index (χ4v) is 1.83. The summed E-state index contributed by atoms with van der Waals surface area (Å²) in [5.74, 6) is 0. The van der Waals surface area contributed by atoms with Crippen LogP contribution in [0.5, 0.6) is 0 Å². The van der Waals surface area contributed by atoms with Crippen molar-refractivity contribution in [2.24, 2.45) is 5.73 Å². The van der Waals surface area contributed by atoms with Crippen LogP contribution in [0.25, 0.3) is 10.9 Å².